The number of thiophene rings is 1. The molecule has 0 aliphatic heterocycles. The number of thiazole rings is 1. The van der Waals surface area contributed by atoms with Gasteiger partial charge in [0.15, 0.2) is 5.13 Å². The van der Waals surface area contributed by atoms with Gasteiger partial charge in [-0.05, 0) is 45.8 Å². The molecule has 0 atom stereocenters. The fourth-order valence-corrected chi connectivity index (χ4v) is 3.59. The van der Waals surface area contributed by atoms with E-state index in [9.17, 15) is 4.79 Å². The highest BCUT2D eigenvalue weighted by Crippen LogP contribution is 2.33. The molecule has 0 fully saturated rings. The number of likely N-dealkylation sites (N-methyl/N-ethyl adjacent to an activating group) is 1. The minimum absolute atomic E-state index is 0.0593. The van der Waals surface area contributed by atoms with E-state index >= 15 is 0 Å². The first-order valence-electron chi connectivity index (χ1n) is 7.53. The van der Waals surface area contributed by atoms with E-state index in [-0.39, 0.29) is 11.4 Å². The first-order valence-corrected chi connectivity index (χ1v) is 9.22. The predicted octanol–water partition coefficient (Wildman–Crippen LogP) is 2.84. The van der Waals surface area contributed by atoms with Gasteiger partial charge in [0, 0.05) is 23.4 Å². The lowest BCUT2D eigenvalue weighted by Crippen LogP contribution is -2.48. The second-order valence-electron chi connectivity index (χ2n) is 6.28. The van der Waals surface area contributed by atoms with Crippen molar-refractivity contribution in [3.05, 3.63) is 22.4 Å². The number of aryl methyl sites for hydroxylation is 1. The standard InChI is InChI=1S/C16H24N4OS2/c1-16(2,20(3)4)10-18-13(21)8-7-12-14(19-15(17)23-12)11-6-5-9-22-11/h5-6,9H,7-8,10H2,1-4H3,(H2,17,19)(H,18,21). The van der Waals surface area contributed by atoms with Crippen LogP contribution in [-0.4, -0.2) is 42.0 Å². The van der Waals surface area contributed by atoms with Gasteiger partial charge in [0.25, 0.3) is 0 Å². The first kappa shape index (κ1) is 17.9. The van der Waals surface area contributed by atoms with Crippen molar-refractivity contribution >= 4 is 33.7 Å². The number of carbonyl (C=O) groups excluding carboxylic acids is 1. The maximum atomic E-state index is 12.1. The number of rotatable bonds is 7. The van der Waals surface area contributed by atoms with Crippen molar-refractivity contribution in [1.82, 2.24) is 15.2 Å². The quantitative estimate of drug-likeness (QED) is 0.804. The molecule has 0 unspecified atom stereocenters. The van der Waals surface area contributed by atoms with Crippen LogP contribution in [0, 0.1) is 0 Å². The molecule has 3 N–H and O–H groups in total. The normalized spacial score (nSPS) is 11.9. The molecule has 0 spiro atoms. The SMILES string of the molecule is CN(C)C(C)(C)CNC(=O)CCc1sc(N)nc1-c1cccs1. The molecule has 0 bridgehead atoms. The van der Waals surface area contributed by atoms with E-state index in [1.54, 1.807) is 11.3 Å². The third-order valence-corrected chi connectivity index (χ3v) is 5.80. The third kappa shape index (κ3) is 4.76. The fraction of sp³-hybridized carbons (Fsp3) is 0.500. The maximum Gasteiger partial charge on any atom is 0.220 e. The van der Waals surface area contributed by atoms with E-state index in [0.29, 0.717) is 24.5 Å². The zero-order chi connectivity index (χ0) is 17.0. The summed E-state index contributed by atoms with van der Waals surface area (Å²) in [7, 11) is 4.03. The van der Waals surface area contributed by atoms with E-state index in [2.05, 4.69) is 29.0 Å². The number of nitrogens with two attached hydrogens (primary N) is 1. The molecule has 0 aliphatic rings. The van der Waals surface area contributed by atoms with Crippen LogP contribution in [0.5, 0.6) is 0 Å². The Balaban J connectivity index is 1.93. The molecular weight excluding hydrogens is 328 g/mol. The van der Waals surface area contributed by atoms with Crippen LogP contribution in [0.25, 0.3) is 10.6 Å². The molecule has 0 radical (unpaired) electrons. The molecule has 2 rings (SSSR count). The van der Waals surface area contributed by atoms with E-state index in [1.807, 2.05) is 31.6 Å². The molecule has 0 saturated heterocycles. The second kappa shape index (κ2) is 7.42. The molecule has 2 aromatic heterocycles. The zero-order valence-corrected chi connectivity index (χ0v) is 15.7. The Morgan fingerprint density at radius 1 is 1.43 bits per heavy atom. The van der Waals surface area contributed by atoms with Crippen molar-refractivity contribution in [1.29, 1.82) is 0 Å². The van der Waals surface area contributed by atoms with Crippen molar-refractivity contribution in [2.75, 3.05) is 26.4 Å². The highest BCUT2D eigenvalue weighted by atomic mass is 32.1. The van der Waals surface area contributed by atoms with E-state index < -0.39 is 0 Å². The number of nitrogen functional groups attached to an aromatic ring is 1. The topological polar surface area (TPSA) is 71.2 Å². The van der Waals surface area contributed by atoms with E-state index in [0.717, 1.165) is 15.4 Å². The summed E-state index contributed by atoms with van der Waals surface area (Å²) in [6.45, 7) is 4.83. The average Bonchev–Trinajstić information content (AvgIpc) is 3.11. The molecule has 0 saturated carbocycles. The summed E-state index contributed by atoms with van der Waals surface area (Å²) in [5, 5.41) is 5.58. The molecular formula is C16H24N4OS2. The largest absolute Gasteiger partial charge is 0.375 e. The lowest BCUT2D eigenvalue weighted by atomic mass is 10.0. The molecule has 1 amide bonds. The Kier molecular flexibility index (Phi) is 5.78. The minimum atomic E-state index is -0.0628. The smallest absolute Gasteiger partial charge is 0.220 e. The van der Waals surface area contributed by atoms with Crippen LogP contribution >= 0.6 is 22.7 Å². The molecule has 7 heteroatoms. The summed E-state index contributed by atoms with van der Waals surface area (Å²) >= 11 is 3.11. The Hall–Kier alpha value is -1.44. The summed E-state index contributed by atoms with van der Waals surface area (Å²) in [4.78, 5) is 20.8. The average molecular weight is 353 g/mol. The number of carbonyl (C=O) groups is 1. The Morgan fingerprint density at radius 2 is 2.17 bits per heavy atom. The molecule has 2 heterocycles. The highest BCUT2D eigenvalue weighted by Gasteiger charge is 2.21. The number of anilines is 1. The van der Waals surface area contributed by atoms with Crippen molar-refractivity contribution in [2.24, 2.45) is 0 Å². The lowest BCUT2D eigenvalue weighted by molar-refractivity contribution is -0.121. The number of nitrogens with zero attached hydrogens (tertiary/aromatic N) is 2. The van der Waals surface area contributed by atoms with Crippen LogP contribution in [0.4, 0.5) is 5.13 Å². The summed E-state index contributed by atoms with van der Waals surface area (Å²) < 4.78 is 0. The second-order valence-corrected chi connectivity index (χ2v) is 8.35. The number of hydrogen-bond donors (Lipinski definition) is 2. The fourth-order valence-electron chi connectivity index (χ4n) is 1.93. The van der Waals surface area contributed by atoms with Gasteiger partial charge in [-0.3, -0.25) is 4.79 Å². The van der Waals surface area contributed by atoms with Crippen molar-refractivity contribution in [3.63, 3.8) is 0 Å². The minimum Gasteiger partial charge on any atom is -0.375 e. The molecule has 126 valence electrons. The Labute approximate surface area is 145 Å². The van der Waals surface area contributed by atoms with Crippen molar-refractivity contribution in [3.8, 4) is 10.6 Å². The van der Waals surface area contributed by atoms with Gasteiger partial charge in [0.2, 0.25) is 5.91 Å². The highest BCUT2D eigenvalue weighted by molar-refractivity contribution is 7.17. The summed E-state index contributed by atoms with van der Waals surface area (Å²) in [6, 6.07) is 4.03. The van der Waals surface area contributed by atoms with Gasteiger partial charge in [-0.15, -0.1) is 22.7 Å². The molecule has 0 aliphatic carbocycles. The Morgan fingerprint density at radius 3 is 2.78 bits per heavy atom. The first-order chi connectivity index (χ1) is 10.8. The zero-order valence-electron chi connectivity index (χ0n) is 14.0. The van der Waals surface area contributed by atoms with Gasteiger partial charge in [0.1, 0.15) is 0 Å². The van der Waals surface area contributed by atoms with E-state index in [1.165, 1.54) is 11.3 Å². The van der Waals surface area contributed by atoms with Crippen LogP contribution in [0.3, 0.4) is 0 Å². The molecule has 5 nitrogen and oxygen atoms in total. The van der Waals surface area contributed by atoms with Crippen LogP contribution in [0.1, 0.15) is 25.1 Å². The van der Waals surface area contributed by atoms with Gasteiger partial charge in [-0.25, -0.2) is 4.98 Å². The predicted molar refractivity (Wildman–Crippen MR) is 98.9 cm³/mol. The molecule has 2 aromatic rings. The van der Waals surface area contributed by atoms with Gasteiger partial charge in [0.05, 0.1) is 10.6 Å². The number of nitrogens with one attached hydrogen (secondary N) is 1. The number of hydrogen-bond acceptors (Lipinski definition) is 6. The van der Waals surface area contributed by atoms with Crippen LogP contribution in [0.2, 0.25) is 0 Å². The maximum absolute atomic E-state index is 12.1. The summed E-state index contributed by atoms with van der Waals surface area (Å²) in [5.74, 6) is 0.0593. The van der Waals surface area contributed by atoms with E-state index in [4.69, 9.17) is 5.73 Å². The van der Waals surface area contributed by atoms with Gasteiger partial charge in [-0.1, -0.05) is 6.07 Å². The van der Waals surface area contributed by atoms with Gasteiger partial charge in [-0.2, -0.15) is 0 Å². The van der Waals surface area contributed by atoms with Crippen LogP contribution in [-0.2, 0) is 11.2 Å². The summed E-state index contributed by atoms with van der Waals surface area (Å²) in [5.41, 5.74) is 6.70. The number of aromatic nitrogens is 1. The van der Waals surface area contributed by atoms with Gasteiger partial charge < -0.3 is 16.0 Å². The van der Waals surface area contributed by atoms with Gasteiger partial charge >= 0.3 is 0 Å². The van der Waals surface area contributed by atoms with Crippen molar-refractivity contribution in [2.45, 2.75) is 32.2 Å². The molecule has 0 aromatic carbocycles. The van der Waals surface area contributed by atoms with Crippen LogP contribution in [0.15, 0.2) is 17.5 Å². The lowest BCUT2D eigenvalue weighted by Gasteiger charge is -2.32. The number of amides is 1. The molecule has 23 heavy (non-hydrogen) atoms. The Bertz CT molecular complexity index is 647. The van der Waals surface area contributed by atoms with Crippen LogP contribution < -0.4 is 11.1 Å². The van der Waals surface area contributed by atoms with Crippen molar-refractivity contribution < 1.29 is 4.79 Å². The summed E-state index contributed by atoms with van der Waals surface area (Å²) in [6.07, 6.45) is 1.11. The third-order valence-electron chi connectivity index (χ3n) is 3.98. The monoisotopic (exact) mass is 352 g/mol.